The van der Waals surface area contributed by atoms with Gasteiger partial charge in [0, 0.05) is 23.4 Å². The lowest BCUT2D eigenvalue weighted by atomic mass is 10.1. The van der Waals surface area contributed by atoms with Crippen molar-refractivity contribution in [3.8, 4) is 34.1 Å². The number of benzene rings is 1. The minimum atomic E-state index is -0.217. The van der Waals surface area contributed by atoms with E-state index in [1.807, 2.05) is 37.3 Å². The normalized spacial score (nSPS) is 10.9. The third-order valence-corrected chi connectivity index (χ3v) is 4.47. The summed E-state index contributed by atoms with van der Waals surface area (Å²) in [5, 5.41) is 3.15. The average Bonchev–Trinajstić information content (AvgIpc) is 3.05. The third kappa shape index (κ3) is 2.73. The van der Waals surface area contributed by atoms with E-state index in [1.54, 1.807) is 26.5 Å². The maximum atomic E-state index is 12.7. The van der Waals surface area contributed by atoms with E-state index < -0.39 is 0 Å². The Morgan fingerprint density at radius 1 is 1.04 bits per heavy atom. The van der Waals surface area contributed by atoms with Crippen LogP contribution >= 0.6 is 0 Å². The highest BCUT2D eigenvalue weighted by Crippen LogP contribution is 2.32. The summed E-state index contributed by atoms with van der Waals surface area (Å²) in [5.74, 6) is 1.14. The van der Waals surface area contributed by atoms with Crippen LogP contribution in [0.5, 0.6) is 11.6 Å². The van der Waals surface area contributed by atoms with Gasteiger partial charge in [-0.3, -0.25) is 9.89 Å². The Morgan fingerprint density at radius 2 is 1.81 bits per heavy atom. The first-order valence-electron chi connectivity index (χ1n) is 8.39. The molecule has 0 aliphatic heterocycles. The number of hydrogen-bond donors (Lipinski definition) is 1. The lowest BCUT2D eigenvalue weighted by molar-refractivity contribution is 0.399. The number of hydrogen-bond acceptors (Lipinski definition) is 5. The highest BCUT2D eigenvalue weighted by Gasteiger charge is 2.17. The van der Waals surface area contributed by atoms with Crippen molar-refractivity contribution in [2.24, 2.45) is 0 Å². The summed E-state index contributed by atoms with van der Waals surface area (Å²) in [6.07, 6.45) is 1.63. The molecule has 0 aliphatic rings. The van der Waals surface area contributed by atoms with Crippen molar-refractivity contribution in [1.82, 2.24) is 19.6 Å². The molecular weight excluding hydrogens is 344 g/mol. The number of para-hydroxylation sites is 1. The molecule has 1 aromatic carbocycles. The van der Waals surface area contributed by atoms with Crippen LogP contribution < -0.4 is 15.0 Å². The second-order valence-corrected chi connectivity index (χ2v) is 6.01. The number of nitrogens with one attached hydrogen (secondary N) is 1. The Morgan fingerprint density at radius 3 is 2.59 bits per heavy atom. The fraction of sp³-hybridized carbons (Fsp3) is 0.150. The minimum Gasteiger partial charge on any atom is -0.496 e. The van der Waals surface area contributed by atoms with Crippen molar-refractivity contribution in [1.29, 1.82) is 0 Å². The standard InChI is InChI=1S/C20H18N4O3/c1-12-18(14-7-4-5-9-16(14)26-2)23-24-17(25)11-15(22-19(12)24)13-8-6-10-21-20(13)27-3/h4-11,23H,1-3H3. The number of pyridine rings is 1. The molecule has 27 heavy (non-hydrogen) atoms. The first kappa shape index (κ1) is 16.8. The van der Waals surface area contributed by atoms with E-state index in [0.717, 1.165) is 16.8 Å². The van der Waals surface area contributed by atoms with Crippen molar-refractivity contribution in [3.05, 3.63) is 64.6 Å². The van der Waals surface area contributed by atoms with Gasteiger partial charge in [0.15, 0.2) is 5.65 Å². The second kappa shape index (κ2) is 6.60. The molecule has 0 spiro atoms. The molecule has 0 aliphatic carbocycles. The van der Waals surface area contributed by atoms with Gasteiger partial charge in [-0.2, -0.15) is 0 Å². The van der Waals surface area contributed by atoms with E-state index in [1.165, 1.54) is 10.6 Å². The number of H-pyrrole nitrogens is 1. The average molecular weight is 362 g/mol. The van der Waals surface area contributed by atoms with Gasteiger partial charge in [-0.05, 0) is 31.2 Å². The zero-order valence-corrected chi connectivity index (χ0v) is 15.2. The summed E-state index contributed by atoms with van der Waals surface area (Å²) >= 11 is 0. The van der Waals surface area contributed by atoms with Crippen LogP contribution in [-0.2, 0) is 0 Å². The number of rotatable bonds is 4. The van der Waals surface area contributed by atoms with Crippen molar-refractivity contribution >= 4 is 5.65 Å². The highest BCUT2D eigenvalue weighted by molar-refractivity contribution is 5.76. The van der Waals surface area contributed by atoms with E-state index in [9.17, 15) is 4.79 Å². The molecule has 1 N–H and O–H groups in total. The summed E-state index contributed by atoms with van der Waals surface area (Å²) in [4.78, 5) is 21.6. The molecule has 0 amide bonds. The summed E-state index contributed by atoms with van der Waals surface area (Å²) in [6, 6.07) is 12.7. The Bertz CT molecular complexity index is 1190. The van der Waals surface area contributed by atoms with Crippen molar-refractivity contribution in [2.75, 3.05) is 14.2 Å². The van der Waals surface area contributed by atoms with Gasteiger partial charge in [0.2, 0.25) is 5.88 Å². The maximum absolute atomic E-state index is 12.7. The van der Waals surface area contributed by atoms with Gasteiger partial charge < -0.3 is 9.47 Å². The predicted molar refractivity (Wildman–Crippen MR) is 102 cm³/mol. The molecule has 3 heterocycles. The van der Waals surface area contributed by atoms with Gasteiger partial charge in [0.1, 0.15) is 5.75 Å². The van der Waals surface area contributed by atoms with Crippen LogP contribution in [0.3, 0.4) is 0 Å². The Kier molecular flexibility index (Phi) is 4.12. The molecule has 0 saturated heterocycles. The van der Waals surface area contributed by atoms with E-state index >= 15 is 0 Å². The molecule has 7 nitrogen and oxygen atoms in total. The zero-order valence-electron chi connectivity index (χ0n) is 15.2. The molecule has 4 aromatic rings. The molecule has 0 bridgehead atoms. The number of fused-ring (bicyclic) bond motifs is 1. The highest BCUT2D eigenvalue weighted by atomic mass is 16.5. The number of methoxy groups -OCH3 is 2. The smallest absolute Gasteiger partial charge is 0.273 e. The largest absolute Gasteiger partial charge is 0.496 e. The number of aryl methyl sites for hydroxylation is 1. The summed E-state index contributed by atoms with van der Waals surface area (Å²) < 4.78 is 12.2. The number of aromatic amines is 1. The van der Waals surface area contributed by atoms with Crippen molar-refractivity contribution in [3.63, 3.8) is 0 Å². The number of aromatic nitrogens is 4. The van der Waals surface area contributed by atoms with E-state index in [2.05, 4.69) is 15.1 Å². The monoisotopic (exact) mass is 362 g/mol. The zero-order chi connectivity index (χ0) is 19.0. The van der Waals surface area contributed by atoms with Gasteiger partial charge in [-0.25, -0.2) is 14.5 Å². The summed E-state index contributed by atoms with van der Waals surface area (Å²) in [7, 11) is 3.16. The fourth-order valence-electron chi connectivity index (χ4n) is 3.15. The van der Waals surface area contributed by atoms with E-state index in [4.69, 9.17) is 9.47 Å². The van der Waals surface area contributed by atoms with Crippen LogP contribution in [0, 0.1) is 6.92 Å². The molecule has 3 aromatic heterocycles. The van der Waals surface area contributed by atoms with Crippen LogP contribution in [0.4, 0.5) is 0 Å². The number of ether oxygens (including phenoxy) is 2. The van der Waals surface area contributed by atoms with Gasteiger partial charge in [0.05, 0.1) is 31.2 Å². The molecule has 4 rings (SSSR count). The van der Waals surface area contributed by atoms with Crippen LogP contribution in [0.2, 0.25) is 0 Å². The van der Waals surface area contributed by atoms with E-state index in [0.29, 0.717) is 28.5 Å². The Hall–Kier alpha value is -3.61. The SMILES string of the molecule is COc1ccccc1-c1[nH]n2c(=O)cc(-c3cccnc3OC)nc2c1C. The molecule has 0 atom stereocenters. The predicted octanol–water partition coefficient (Wildman–Crippen LogP) is 3.08. The van der Waals surface area contributed by atoms with Crippen LogP contribution in [-0.4, -0.2) is 33.8 Å². The maximum Gasteiger partial charge on any atom is 0.273 e. The third-order valence-electron chi connectivity index (χ3n) is 4.47. The van der Waals surface area contributed by atoms with Crippen LogP contribution in [0.15, 0.2) is 53.5 Å². The van der Waals surface area contributed by atoms with Gasteiger partial charge >= 0.3 is 0 Å². The lowest BCUT2D eigenvalue weighted by Crippen LogP contribution is -2.14. The summed E-state index contributed by atoms with van der Waals surface area (Å²) in [5.41, 5.74) is 4.00. The quantitative estimate of drug-likeness (QED) is 0.603. The minimum absolute atomic E-state index is 0.217. The van der Waals surface area contributed by atoms with Crippen LogP contribution in [0.1, 0.15) is 5.56 Å². The number of nitrogens with zero attached hydrogens (tertiary/aromatic N) is 3. The lowest BCUT2D eigenvalue weighted by Gasteiger charge is -2.06. The van der Waals surface area contributed by atoms with Crippen molar-refractivity contribution < 1.29 is 9.47 Å². The topological polar surface area (TPSA) is 81.5 Å². The van der Waals surface area contributed by atoms with E-state index in [-0.39, 0.29) is 5.56 Å². The second-order valence-electron chi connectivity index (χ2n) is 6.01. The first-order valence-corrected chi connectivity index (χ1v) is 8.39. The molecule has 0 unspecified atom stereocenters. The fourth-order valence-corrected chi connectivity index (χ4v) is 3.15. The first-order chi connectivity index (χ1) is 13.1. The summed E-state index contributed by atoms with van der Waals surface area (Å²) in [6.45, 7) is 1.92. The molecule has 7 heteroatoms. The van der Waals surface area contributed by atoms with Gasteiger partial charge in [-0.15, -0.1) is 0 Å². The molecule has 136 valence electrons. The Balaban J connectivity index is 1.97. The van der Waals surface area contributed by atoms with Crippen LogP contribution in [0.25, 0.3) is 28.2 Å². The molecule has 0 saturated carbocycles. The van der Waals surface area contributed by atoms with Crippen molar-refractivity contribution in [2.45, 2.75) is 6.92 Å². The molecule has 0 radical (unpaired) electrons. The molecule has 0 fully saturated rings. The Labute approximate surface area is 155 Å². The van der Waals surface area contributed by atoms with Gasteiger partial charge in [0.25, 0.3) is 5.56 Å². The molecular formula is C20H18N4O3. The van der Waals surface area contributed by atoms with Gasteiger partial charge in [-0.1, -0.05) is 12.1 Å².